The largest absolute Gasteiger partial charge is 0.451 e. The van der Waals surface area contributed by atoms with Crippen LogP contribution in [0.4, 0.5) is 0 Å². The highest BCUT2D eigenvalue weighted by atomic mass is 16.7. The summed E-state index contributed by atoms with van der Waals surface area (Å²) in [4.78, 5) is 17.7. The Morgan fingerprint density at radius 3 is 2.56 bits per heavy atom. The molecule has 25 heavy (non-hydrogen) atoms. The van der Waals surface area contributed by atoms with E-state index in [1.54, 1.807) is 0 Å². The van der Waals surface area contributed by atoms with Gasteiger partial charge in [0.2, 0.25) is 6.29 Å². The molecule has 5 nitrogen and oxygen atoms in total. The normalized spacial score (nSPS) is 28.4. The molecule has 1 aliphatic carbocycles. The van der Waals surface area contributed by atoms with Gasteiger partial charge < -0.3 is 19.3 Å². The molecule has 2 aliphatic heterocycles. The highest BCUT2D eigenvalue weighted by Gasteiger charge is 2.36. The first-order valence-corrected chi connectivity index (χ1v) is 9.43. The van der Waals surface area contributed by atoms with Crippen LogP contribution in [0.1, 0.15) is 54.1 Å². The van der Waals surface area contributed by atoms with Crippen LogP contribution in [-0.4, -0.2) is 54.7 Å². The summed E-state index contributed by atoms with van der Waals surface area (Å²) in [5.74, 6) is 1.72. The number of amides is 1. The fraction of sp³-hybridized carbons (Fsp3) is 0.650. The first kappa shape index (κ1) is 16.7. The van der Waals surface area contributed by atoms with Crippen molar-refractivity contribution in [2.75, 3.05) is 20.6 Å². The average molecular weight is 344 g/mol. The Bertz CT molecular complexity index is 693. The first-order valence-electron chi connectivity index (χ1n) is 9.43. The van der Waals surface area contributed by atoms with Crippen LogP contribution in [0.3, 0.4) is 0 Å². The molecule has 1 aromatic carbocycles. The second-order valence-corrected chi connectivity index (χ2v) is 7.84. The number of ether oxygens (including phenoxy) is 2. The molecule has 136 valence electrons. The van der Waals surface area contributed by atoms with E-state index in [-0.39, 0.29) is 12.2 Å². The minimum absolute atomic E-state index is 0.179. The zero-order chi connectivity index (χ0) is 17.7. The molecule has 2 heterocycles. The maximum Gasteiger partial charge on any atom is 0.254 e. The lowest BCUT2D eigenvalue weighted by molar-refractivity contribution is 0.0568. The highest BCUT2D eigenvalue weighted by Crippen LogP contribution is 2.43. The Labute approximate surface area is 149 Å². The van der Waals surface area contributed by atoms with Gasteiger partial charge in [-0.3, -0.25) is 4.79 Å². The second-order valence-electron chi connectivity index (χ2n) is 7.84. The van der Waals surface area contributed by atoms with E-state index in [1.165, 1.54) is 12.8 Å². The zero-order valence-electron chi connectivity index (χ0n) is 15.7. The average Bonchev–Trinajstić information content (AvgIpc) is 2.96. The van der Waals surface area contributed by atoms with E-state index in [9.17, 15) is 4.79 Å². The molecule has 0 spiro atoms. The van der Waals surface area contributed by atoms with E-state index in [1.807, 2.05) is 19.9 Å². The molecule has 0 radical (unpaired) electrons. The van der Waals surface area contributed by atoms with Crippen molar-refractivity contribution in [3.05, 3.63) is 22.8 Å². The molecule has 3 aliphatic rings. The third-order valence-electron chi connectivity index (χ3n) is 6.08. The van der Waals surface area contributed by atoms with Crippen LogP contribution in [0.25, 0.3) is 0 Å². The van der Waals surface area contributed by atoms with Crippen molar-refractivity contribution in [2.45, 2.75) is 64.3 Å². The number of nitrogens with zero attached hydrogens (tertiary/aromatic N) is 2. The van der Waals surface area contributed by atoms with Crippen molar-refractivity contribution >= 4 is 5.91 Å². The lowest BCUT2D eigenvalue weighted by Gasteiger charge is -2.41. The van der Waals surface area contributed by atoms with Crippen LogP contribution in [0.5, 0.6) is 11.5 Å². The maximum absolute atomic E-state index is 13.3. The molecular weight excluding hydrogens is 316 g/mol. The van der Waals surface area contributed by atoms with E-state index in [2.05, 4.69) is 23.9 Å². The van der Waals surface area contributed by atoms with Crippen molar-refractivity contribution in [3.63, 3.8) is 0 Å². The van der Waals surface area contributed by atoms with Gasteiger partial charge in [-0.15, -0.1) is 0 Å². The van der Waals surface area contributed by atoms with Gasteiger partial charge in [0, 0.05) is 36.7 Å². The van der Waals surface area contributed by atoms with Crippen LogP contribution in [0.2, 0.25) is 0 Å². The van der Waals surface area contributed by atoms with E-state index in [0.717, 1.165) is 54.0 Å². The predicted molar refractivity (Wildman–Crippen MR) is 96.4 cm³/mol. The Morgan fingerprint density at radius 2 is 1.88 bits per heavy atom. The van der Waals surface area contributed by atoms with Crippen LogP contribution < -0.4 is 9.47 Å². The van der Waals surface area contributed by atoms with Crippen LogP contribution in [-0.2, 0) is 6.42 Å². The molecule has 1 aromatic rings. The topological polar surface area (TPSA) is 42.0 Å². The molecule has 1 unspecified atom stereocenters. The summed E-state index contributed by atoms with van der Waals surface area (Å²) in [6, 6.07) is 3.04. The standard InChI is InChI=1S/C20H28N2O3/c1-12-18-14(11-17-19(12)25-13(2)24-17)9-10-22(20(18)23)16-7-5-15(6-8-16)21(3)4/h11,13,15-16H,5-10H2,1-4H3. The first-order chi connectivity index (χ1) is 12.0. The summed E-state index contributed by atoms with van der Waals surface area (Å²) in [6.45, 7) is 4.69. The highest BCUT2D eigenvalue weighted by molar-refractivity contribution is 5.99. The van der Waals surface area contributed by atoms with Gasteiger partial charge in [0.15, 0.2) is 11.5 Å². The minimum Gasteiger partial charge on any atom is -0.451 e. The number of carbonyl (C=O) groups is 1. The van der Waals surface area contributed by atoms with Gasteiger partial charge >= 0.3 is 0 Å². The Morgan fingerprint density at radius 1 is 1.16 bits per heavy atom. The molecule has 1 atom stereocenters. The Balaban J connectivity index is 1.57. The van der Waals surface area contributed by atoms with Gasteiger partial charge in [0.05, 0.1) is 0 Å². The number of benzene rings is 1. The van der Waals surface area contributed by atoms with Crippen molar-refractivity contribution in [2.24, 2.45) is 0 Å². The Kier molecular flexibility index (Phi) is 4.14. The van der Waals surface area contributed by atoms with Crippen molar-refractivity contribution in [1.82, 2.24) is 9.80 Å². The monoisotopic (exact) mass is 344 g/mol. The molecule has 1 amide bonds. The summed E-state index contributed by atoms with van der Waals surface area (Å²) in [6.07, 6.45) is 5.18. The molecule has 0 N–H and O–H groups in total. The minimum atomic E-state index is -0.273. The van der Waals surface area contributed by atoms with E-state index in [0.29, 0.717) is 12.1 Å². The fourth-order valence-electron chi connectivity index (χ4n) is 4.65. The summed E-state index contributed by atoms with van der Waals surface area (Å²) in [5, 5.41) is 0. The molecule has 5 heteroatoms. The van der Waals surface area contributed by atoms with Gasteiger partial charge in [-0.2, -0.15) is 0 Å². The quantitative estimate of drug-likeness (QED) is 0.827. The van der Waals surface area contributed by atoms with Crippen molar-refractivity contribution in [1.29, 1.82) is 0 Å². The summed E-state index contributed by atoms with van der Waals surface area (Å²) < 4.78 is 11.5. The lowest BCUT2D eigenvalue weighted by atomic mass is 9.86. The third kappa shape index (κ3) is 2.78. The van der Waals surface area contributed by atoms with Crippen molar-refractivity contribution in [3.8, 4) is 11.5 Å². The van der Waals surface area contributed by atoms with Gasteiger partial charge in [-0.05, 0) is 64.8 Å². The second kappa shape index (κ2) is 6.20. The predicted octanol–water partition coefficient (Wildman–Crippen LogP) is 2.98. The Hall–Kier alpha value is -1.75. The van der Waals surface area contributed by atoms with E-state index in [4.69, 9.17) is 9.47 Å². The third-order valence-corrected chi connectivity index (χ3v) is 6.08. The number of carbonyl (C=O) groups excluding carboxylic acids is 1. The summed E-state index contributed by atoms with van der Waals surface area (Å²) >= 11 is 0. The van der Waals surface area contributed by atoms with Gasteiger partial charge in [-0.1, -0.05) is 0 Å². The fourth-order valence-corrected chi connectivity index (χ4v) is 4.65. The summed E-state index contributed by atoms with van der Waals surface area (Å²) in [5.41, 5.74) is 2.89. The van der Waals surface area contributed by atoms with Gasteiger partial charge in [0.25, 0.3) is 5.91 Å². The SMILES string of the molecule is Cc1c2c(cc3c1C(=O)N(C1CCC(N(C)C)CC1)CC3)OC(C)O2. The smallest absolute Gasteiger partial charge is 0.254 e. The van der Waals surface area contributed by atoms with Crippen LogP contribution in [0, 0.1) is 6.92 Å². The van der Waals surface area contributed by atoms with Crippen LogP contribution in [0.15, 0.2) is 6.07 Å². The maximum atomic E-state index is 13.3. The van der Waals surface area contributed by atoms with E-state index >= 15 is 0 Å². The number of fused-ring (bicyclic) bond motifs is 2. The van der Waals surface area contributed by atoms with Crippen molar-refractivity contribution < 1.29 is 14.3 Å². The molecule has 0 aromatic heterocycles. The molecule has 0 bridgehead atoms. The molecule has 1 fully saturated rings. The number of hydrogen-bond donors (Lipinski definition) is 0. The molecule has 0 saturated heterocycles. The van der Waals surface area contributed by atoms with Gasteiger partial charge in [-0.25, -0.2) is 0 Å². The molecule has 1 saturated carbocycles. The summed E-state index contributed by atoms with van der Waals surface area (Å²) in [7, 11) is 4.31. The molecular formula is C20H28N2O3. The number of rotatable bonds is 2. The van der Waals surface area contributed by atoms with Gasteiger partial charge in [0.1, 0.15) is 0 Å². The zero-order valence-corrected chi connectivity index (χ0v) is 15.7. The number of hydrogen-bond acceptors (Lipinski definition) is 4. The lowest BCUT2D eigenvalue weighted by Crippen LogP contribution is -2.48. The van der Waals surface area contributed by atoms with E-state index < -0.39 is 0 Å². The molecule has 4 rings (SSSR count). The van der Waals surface area contributed by atoms with Crippen LogP contribution >= 0.6 is 0 Å².